The van der Waals surface area contributed by atoms with Gasteiger partial charge in [0.1, 0.15) is 5.54 Å². The van der Waals surface area contributed by atoms with Crippen LogP contribution >= 0.6 is 0 Å². The van der Waals surface area contributed by atoms with E-state index in [0.717, 1.165) is 10.9 Å². The summed E-state index contributed by atoms with van der Waals surface area (Å²) in [4.78, 5) is 11.4. The molecule has 4 heteroatoms. The maximum atomic E-state index is 11.4. The van der Waals surface area contributed by atoms with Crippen LogP contribution in [0, 0.1) is 0 Å². The van der Waals surface area contributed by atoms with Crippen molar-refractivity contribution in [2.45, 2.75) is 51.0 Å². The number of carbonyl (C=O) groups is 1. The van der Waals surface area contributed by atoms with Crippen LogP contribution in [0.2, 0.25) is 0 Å². The predicted molar refractivity (Wildman–Crippen MR) is 74.2 cm³/mol. The lowest BCUT2D eigenvalue weighted by molar-refractivity contribution is -0.926. The Hall–Kier alpha value is -0.540. The highest BCUT2D eigenvalue weighted by Gasteiger charge is 2.43. The highest BCUT2D eigenvalue weighted by molar-refractivity contribution is 5.86. The van der Waals surface area contributed by atoms with Crippen LogP contribution in [0.1, 0.15) is 45.4 Å². The molecule has 0 spiro atoms. The van der Waals surface area contributed by atoms with Crippen molar-refractivity contribution in [2.75, 3.05) is 27.7 Å². The molecule has 0 N–H and O–H groups in total. The minimum Gasteiger partial charge on any atom is -1.00 e. The fraction of sp³-hybridized carbons (Fsp3) is 0.800. The third-order valence-electron chi connectivity index (χ3n) is 4.36. The molecule has 0 unspecified atom stereocenters. The van der Waals surface area contributed by atoms with Gasteiger partial charge < -0.3 is 21.6 Å². The first-order valence-corrected chi connectivity index (χ1v) is 6.93. The number of rotatable bonds is 5. The topological polar surface area (TPSA) is 26.3 Å². The largest absolute Gasteiger partial charge is 1.00 e. The number of halogens is 1. The van der Waals surface area contributed by atoms with Gasteiger partial charge in [0, 0.05) is 24.8 Å². The summed E-state index contributed by atoms with van der Waals surface area (Å²) in [5, 5.41) is 0. The lowest BCUT2D eigenvalue weighted by atomic mass is 9.77. The summed E-state index contributed by atoms with van der Waals surface area (Å²) in [6.45, 7) is 5.82. The zero-order valence-electron chi connectivity index (χ0n) is 12.8. The molecule has 0 aromatic carbocycles. The number of quaternary nitrogens is 1. The molecular weight excluding hydrogens is 262 g/mol. The van der Waals surface area contributed by atoms with Crippen molar-refractivity contribution in [2.24, 2.45) is 0 Å². The lowest BCUT2D eigenvalue weighted by Crippen LogP contribution is -3.00. The highest BCUT2D eigenvalue weighted by atomic mass is 35.5. The van der Waals surface area contributed by atoms with E-state index < -0.39 is 0 Å². The molecule has 0 radical (unpaired) electrons. The zero-order chi connectivity index (χ0) is 13.8. The van der Waals surface area contributed by atoms with Crippen molar-refractivity contribution < 1.29 is 26.4 Å². The average molecular weight is 290 g/mol. The van der Waals surface area contributed by atoms with Crippen molar-refractivity contribution in [3.63, 3.8) is 0 Å². The van der Waals surface area contributed by atoms with Gasteiger partial charge in [-0.05, 0) is 19.8 Å². The van der Waals surface area contributed by atoms with Crippen LogP contribution in [-0.4, -0.2) is 43.7 Å². The highest BCUT2D eigenvalue weighted by Crippen LogP contribution is 2.38. The molecule has 0 aromatic rings. The molecule has 1 aliphatic carbocycles. The molecule has 1 aliphatic rings. The second-order valence-electron chi connectivity index (χ2n) is 6.46. The third-order valence-corrected chi connectivity index (χ3v) is 4.36. The van der Waals surface area contributed by atoms with Gasteiger partial charge in [0.25, 0.3) is 0 Å². The Labute approximate surface area is 124 Å². The van der Waals surface area contributed by atoms with Gasteiger partial charge >= 0.3 is 5.97 Å². The fourth-order valence-electron chi connectivity index (χ4n) is 2.92. The Morgan fingerprint density at radius 2 is 1.74 bits per heavy atom. The summed E-state index contributed by atoms with van der Waals surface area (Å²) >= 11 is 0. The maximum Gasteiger partial charge on any atom is 0.333 e. The molecule has 0 heterocycles. The van der Waals surface area contributed by atoms with Gasteiger partial charge in [-0.15, -0.1) is 0 Å². The first kappa shape index (κ1) is 18.5. The van der Waals surface area contributed by atoms with E-state index in [4.69, 9.17) is 4.74 Å². The summed E-state index contributed by atoms with van der Waals surface area (Å²) in [5.41, 5.74) is 0.756. The van der Waals surface area contributed by atoms with Crippen LogP contribution < -0.4 is 12.4 Å². The number of hydrogen-bond donors (Lipinski definition) is 0. The monoisotopic (exact) mass is 289 g/mol. The Balaban J connectivity index is 0.00000324. The quantitative estimate of drug-likeness (QED) is 0.402. The molecule has 1 saturated carbocycles. The Kier molecular flexibility index (Phi) is 7.09. The Morgan fingerprint density at radius 1 is 1.21 bits per heavy atom. The molecule has 0 bridgehead atoms. The van der Waals surface area contributed by atoms with Crippen molar-refractivity contribution >= 4 is 5.97 Å². The van der Waals surface area contributed by atoms with Gasteiger partial charge in [-0.2, -0.15) is 0 Å². The Morgan fingerprint density at radius 3 is 2.16 bits per heavy atom. The number of esters is 1. The van der Waals surface area contributed by atoms with Gasteiger partial charge in [0.15, 0.2) is 0 Å². The number of hydrogen-bond acceptors (Lipinski definition) is 2. The third kappa shape index (κ3) is 4.81. The number of ether oxygens (including phenoxy) is 1. The van der Waals surface area contributed by atoms with Gasteiger partial charge in [-0.25, -0.2) is 4.79 Å². The van der Waals surface area contributed by atoms with Crippen LogP contribution in [-0.2, 0) is 9.53 Å². The van der Waals surface area contributed by atoms with Crippen LogP contribution in [0.4, 0.5) is 0 Å². The smallest absolute Gasteiger partial charge is 0.333 e. The average Bonchev–Trinajstić information content (AvgIpc) is 2.28. The minimum absolute atomic E-state index is 0. The van der Waals surface area contributed by atoms with E-state index in [-0.39, 0.29) is 23.9 Å². The van der Waals surface area contributed by atoms with Crippen molar-refractivity contribution in [1.82, 2.24) is 0 Å². The molecule has 0 aliphatic heterocycles. The van der Waals surface area contributed by atoms with Crippen LogP contribution in [0.15, 0.2) is 12.2 Å². The second-order valence-corrected chi connectivity index (χ2v) is 6.46. The van der Waals surface area contributed by atoms with Crippen LogP contribution in [0.25, 0.3) is 0 Å². The standard InChI is InChI=1S/C15H28NO2.ClH/c1-13(2)14(17)18-12-11-15(16(3,4)5)9-7-6-8-10-15;/h1,6-12H2,2-5H3;1H/q+1;/p-1. The summed E-state index contributed by atoms with van der Waals surface area (Å²) in [7, 11) is 6.77. The number of carbonyl (C=O) groups excluding carboxylic acids is 1. The van der Waals surface area contributed by atoms with Gasteiger partial charge in [0.05, 0.1) is 27.7 Å². The van der Waals surface area contributed by atoms with Crippen LogP contribution in [0.5, 0.6) is 0 Å². The van der Waals surface area contributed by atoms with E-state index in [1.54, 1.807) is 6.92 Å². The summed E-state index contributed by atoms with van der Waals surface area (Å²) in [6.07, 6.45) is 7.36. The van der Waals surface area contributed by atoms with E-state index in [2.05, 4.69) is 27.7 Å². The molecule has 0 amide bonds. The lowest BCUT2D eigenvalue weighted by Gasteiger charge is -2.48. The SMILES string of the molecule is C=C(C)C(=O)OCCC1([N+](C)(C)C)CCCCC1.[Cl-]. The minimum atomic E-state index is -0.262. The van der Waals surface area contributed by atoms with E-state index in [1.165, 1.54) is 32.1 Å². The molecule has 1 fully saturated rings. The van der Waals surface area contributed by atoms with E-state index in [9.17, 15) is 4.79 Å². The Bertz CT molecular complexity index is 315. The predicted octanol–water partition coefficient (Wildman–Crippen LogP) is -0.0911. The normalized spacial score (nSPS) is 18.3. The molecule has 0 saturated heterocycles. The molecule has 0 aromatic heterocycles. The maximum absolute atomic E-state index is 11.4. The van der Waals surface area contributed by atoms with Gasteiger partial charge in [-0.1, -0.05) is 13.0 Å². The second kappa shape index (κ2) is 7.30. The van der Waals surface area contributed by atoms with E-state index in [1.807, 2.05) is 0 Å². The van der Waals surface area contributed by atoms with Crippen molar-refractivity contribution in [1.29, 1.82) is 0 Å². The summed E-state index contributed by atoms with van der Waals surface area (Å²) < 4.78 is 6.23. The fourth-order valence-corrected chi connectivity index (χ4v) is 2.92. The first-order chi connectivity index (χ1) is 8.28. The molecular formula is C15H28ClNO2. The van der Waals surface area contributed by atoms with Crippen molar-refractivity contribution in [3.05, 3.63) is 12.2 Å². The molecule has 19 heavy (non-hydrogen) atoms. The van der Waals surface area contributed by atoms with Gasteiger partial charge in [0.2, 0.25) is 0 Å². The van der Waals surface area contributed by atoms with E-state index in [0.29, 0.717) is 12.2 Å². The van der Waals surface area contributed by atoms with Gasteiger partial charge in [-0.3, -0.25) is 0 Å². The summed E-state index contributed by atoms with van der Waals surface area (Å²) in [5.74, 6) is -0.262. The molecule has 1 rings (SSSR count). The van der Waals surface area contributed by atoms with Crippen LogP contribution in [0.3, 0.4) is 0 Å². The molecule has 3 nitrogen and oxygen atoms in total. The summed E-state index contributed by atoms with van der Waals surface area (Å²) in [6, 6.07) is 0. The number of nitrogens with zero attached hydrogens (tertiary/aromatic N) is 1. The molecule has 112 valence electrons. The van der Waals surface area contributed by atoms with E-state index >= 15 is 0 Å². The van der Waals surface area contributed by atoms with Crippen molar-refractivity contribution in [3.8, 4) is 0 Å². The molecule has 0 atom stereocenters. The first-order valence-electron chi connectivity index (χ1n) is 6.93. The zero-order valence-corrected chi connectivity index (χ0v) is 13.6.